The van der Waals surface area contributed by atoms with E-state index in [1.54, 1.807) is 0 Å². The molecule has 0 saturated carbocycles. The van der Waals surface area contributed by atoms with E-state index < -0.39 is 0 Å². The smallest absolute Gasteiger partial charge is 0.109 e. The predicted octanol–water partition coefficient (Wildman–Crippen LogP) is 0.537. The van der Waals surface area contributed by atoms with E-state index in [0.29, 0.717) is 0 Å². The van der Waals surface area contributed by atoms with E-state index in [-0.39, 0.29) is 0 Å². The van der Waals surface area contributed by atoms with Gasteiger partial charge in [-0.15, -0.1) is 7.05 Å². The topological polar surface area (TPSA) is 16.5 Å². The van der Waals surface area contributed by atoms with Crippen molar-refractivity contribution < 1.29 is 4.90 Å². The van der Waals surface area contributed by atoms with Gasteiger partial charge in [-0.25, -0.2) is 0 Å². The summed E-state index contributed by atoms with van der Waals surface area (Å²) in [6, 6.07) is 6.61. The lowest BCUT2D eigenvalue weighted by atomic mass is 9.98. The Morgan fingerprint density at radius 3 is 3.07 bits per heavy atom. The second kappa shape index (κ2) is 3.47. The first-order chi connectivity index (χ1) is 7.36. The first kappa shape index (κ1) is 9.13. The summed E-state index contributed by atoms with van der Waals surface area (Å²) in [5, 5.41) is 3.36. The van der Waals surface area contributed by atoms with Crippen molar-refractivity contribution >= 4 is 11.3 Å². The second-order valence-electron chi connectivity index (χ2n) is 4.30. The highest BCUT2D eigenvalue weighted by atomic mass is 15.1. The van der Waals surface area contributed by atoms with Crippen LogP contribution >= 0.6 is 0 Å². The van der Waals surface area contributed by atoms with E-state index in [4.69, 9.17) is 0 Å². The van der Waals surface area contributed by atoms with Crippen LogP contribution in [0.5, 0.6) is 0 Å². The monoisotopic (exact) mass is 200 g/mol. The molecule has 0 aromatic heterocycles. The molecule has 78 valence electrons. The lowest BCUT2D eigenvalue weighted by Gasteiger charge is -2.14. The molecule has 0 aliphatic carbocycles. The second-order valence-corrected chi connectivity index (χ2v) is 4.30. The largest absolute Gasteiger partial charge is 0.434 e. The van der Waals surface area contributed by atoms with Crippen molar-refractivity contribution in [2.24, 2.45) is 0 Å². The zero-order chi connectivity index (χ0) is 10.3. The quantitative estimate of drug-likeness (QED) is 0.632. The molecule has 3 rings (SSSR count). The Labute approximate surface area is 90.6 Å². The van der Waals surface area contributed by atoms with E-state index in [1.807, 2.05) is 0 Å². The molecule has 0 fully saturated rings. The van der Waals surface area contributed by atoms with E-state index in [1.165, 1.54) is 33.7 Å². The fraction of sp³-hybridized carbons (Fsp3) is 0.308. The number of quaternary nitrogens is 1. The van der Waals surface area contributed by atoms with Gasteiger partial charge in [0.05, 0.1) is 6.54 Å². The number of benzene rings is 1. The van der Waals surface area contributed by atoms with E-state index >= 15 is 0 Å². The summed E-state index contributed by atoms with van der Waals surface area (Å²) in [5.74, 6) is 0. The summed E-state index contributed by atoms with van der Waals surface area (Å²) >= 11 is 0. The zero-order valence-electron chi connectivity index (χ0n) is 8.84. The summed E-state index contributed by atoms with van der Waals surface area (Å²) in [5.41, 5.74) is 5.80. The number of hydrogen-bond acceptors (Lipinski definition) is 1. The van der Waals surface area contributed by atoms with Crippen LogP contribution < -0.4 is 10.2 Å². The van der Waals surface area contributed by atoms with Gasteiger partial charge >= 0.3 is 0 Å². The van der Waals surface area contributed by atoms with Gasteiger partial charge in [0.15, 0.2) is 0 Å². The molecule has 0 bridgehead atoms. The van der Waals surface area contributed by atoms with Crippen LogP contribution in [0.15, 0.2) is 24.3 Å². The Balaban J connectivity index is 2.09. The van der Waals surface area contributed by atoms with Crippen LogP contribution in [0.2, 0.25) is 0 Å². The Kier molecular flexibility index (Phi) is 2.11. The molecule has 2 heterocycles. The molecule has 0 radical (unpaired) electrons. The van der Waals surface area contributed by atoms with Crippen molar-refractivity contribution in [3.8, 4) is 0 Å². The molecule has 1 aromatic rings. The molecule has 2 heteroatoms. The van der Waals surface area contributed by atoms with Gasteiger partial charge in [0.1, 0.15) is 5.69 Å². The fourth-order valence-electron chi connectivity index (χ4n) is 2.58. The van der Waals surface area contributed by atoms with Crippen molar-refractivity contribution in [2.75, 3.05) is 19.6 Å². The van der Waals surface area contributed by atoms with Crippen molar-refractivity contribution in [1.29, 1.82) is 0 Å². The highest BCUT2D eigenvalue weighted by molar-refractivity contribution is 5.74. The first-order valence-electron chi connectivity index (χ1n) is 5.56. The average molecular weight is 200 g/mol. The van der Waals surface area contributed by atoms with E-state index in [9.17, 15) is 0 Å². The number of hydrogen-bond donors (Lipinski definition) is 2. The molecule has 0 amide bonds. The van der Waals surface area contributed by atoms with Crippen LogP contribution in [0.3, 0.4) is 0 Å². The highest BCUT2D eigenvalue weighted by Gasteiger charge is 2.22. The lowest BCUT2D eigenvalue weighted by molar-refractivity contribution is -0.775. The molecule has 2 N–H and O–H groups in total. The number of rotatable bonds is 1. The molecule has 0 spiro atoms. The number of nitrogens with one attached hydrogen (secondary N) is 2. The molecule has 1 unspecified atom stereocenters. The summed E-state index contributed by atoms with van der Waals surface area (Å²) in [7, 11) is 4.13. The minimum atomic E-state index is 1.01. The molecule has 2 aliphatic heterocycles. The Bertz CT molecular complexity index is 421. The average Bonchev–Trinajstić information content (AvgIpc) is 2.88. The molecule has 1 atom stereocenters. The van der Waals surface area contributed by atoms with Gasteiger partial charge < -0.3 is 10.2 Å². The Morgan fingerprint density at radius 1 is 1.33 bits per heavy atom. The Hall–Kier alpha value is -1.12. The number of fused-ring (bicyclic) bond motifs is 1. The molecule has 0 saturated heterocycles. The standard InChI is InChI=1S/C13H16N2/c1-15-8-6-12-11(3-2-4-13(12)15)10-5-7-14-9-10/h2-5,14-15H,1,6-9H2. The third kappa shape index (κ3) is 1.41. The SMILES string of the molecule is [CH2-][NH+]1CCc2c(C3=CCNC3)cccc21. The summed E-state index contributed by atoms with van der Waals surface area (Å²) in [6.45, 7) is 3.16. The van der Waals surface area contributed by atoms with Gasteiger partial charge in [-0.05, 0) is 17.2 Å². The zero-order valence-corrected chi connectivity index (χ0v) is 8.84. The molecular formula is C13H16N2. The summed E-state index contributed by atoms with van der Waals surface area (Å²) in [4.78, 5) is 1.30. The maximum atomic E-state index is 4.13. The van der Waals surface area contributed by atoms with Gasteiger partial charge in [-0.1, -0.05) is 18.2 Å². The van der Waals surface area contributed by atoms with Crippen LogP contribution in [-0.4, -0.2) is 19.6 Å². The minimum absolute atomic E-state index is 1.01. The van der Waals surface area contributed by atoms with Crippen molar-refractivity contribution in [1.82, 2.24) is 5.32 Å². The van der Waals surface area contributed by atoms with Crippen LogP contribution in [-0.2, 0) is 6.42 Å². The van der Waals surface area contributed by atoms with Crippen LogP contribution in [0.1, 0.15) is 11.1 Å². The van der Waals surface area contributed by atoms with Crippen LogP contribution in [0, 0.1) is 7.05 Å². The van der Waals surface area contributed by atoms with Crippen molar-refractivity contribution in [3.05, 3.63) is 42.4 Å². The molecular weight excluding hydrogens is 184 g/mol. The molecule has 15 heavy (non-hydrogen) atoms. The molecule has 1 aromatic carbocycles. The molecule has 2 nitrogen and oxygen atoms in total. The normalized spacial score (nSPS) is 24.1. The van der Waals surface area contributed by atoms with Gasteiger partial charge in [-0.3, -0.25) is 0 Å². The highest BCUT2D eigenvalue weighted by Crippen LogP contribution is 2.27. The maximum absolute atomic E-state index is 4.13. The third-order valence-electron chi connectivity index (χ3n) is 3.39. The van der Waals surface area contributed by atoms with Crippen molar-refractivity contribution in [3.63, 3.8) is 0 Å². The summed E-state index contributed by atoms with van der Waals surface area (Å²) < 4.78 is 0. The van der Waals surface area contributed by atoms with Crippen LogP contribution in [0.25, 0.3) is 5.57 Å². The Morgan fingerprint density at radius 2 is 2.27 bits per heavy atom. The fourth-order valence-corrected chi connectivity index (χ4v) is 2.58. The van der Waals surface area contributed by atoms with E-state index in [2.05, 4.69) is 36.6 Å². The van der Waals surface area contributed by atoms with E-state index in [0.717, 1.165) is 19.6 Å². The summed E-state index contributed by atoms with van der Waals surface area (Å²) in [6.07, 6.45) is 3.47. The minimum Gasteiger partial charge on any atom is -0.434 e. The first-order valence-corrected chi connectivity index (χ1v) is 5.56. The predicted molar refractivity (Wildman–Crippen MR) is 61.8 cm³/mol. The van der Waals surface area contributed by atoms with Gasteiger partial charge in [0.2, 0.25) is 0 Å². The third-order valence-corrected chi connectivity index (χ3v) is 3.39. The van der Waals surface area contributed by atoms with Crippen molar-refractivity contribution in [2.45, 2.75) is 6.42 Å². The van der Waals surface area contributed by atoms with Crippen LogP contribution in [0.4, 0.5) is 5.69 Å². The maximum Gasteiger partial charge on any atom is 0.109 e. The lowest BCUT2D eigenvalue weighted by Crippen LogP contribution is -3.00. The molecule has 2 aliphatic rings. The van der Waals surface area contributed by atoms with Gasteiger partial charge in [0.25, 0.3) is 0 Å². The van der Waals surface area contributed by atoms with Gasteiger partial charge in [0, 0.05) is 25.1 Å². The van der Waals surface area contributed by atoms with Gasteiger partial charge in [-0.2, -0.15) is 0 Å².